The predicted molar refractivity (Wildman–Crippen MR) is 97.9 cm³/mol. The first kappa shape index (κ1) is 17.7. The first-order valence-corrected chi connectivity index (χ1v) is 8.22. The molecule has 0 unspecified atom stereocenters. The van der Waals surface area contributed by atoms with Crippen molar-refractivity contribution in [2.75, 3.05) is 23.7 Å². The van der Waals surface area contributed by atoms with Crippen LogP contribution >= 0.6 is 24.2 Å². The Kier molecular flexibility index (Phi) is 5.92. The Labute approximate surface area is 145 Å². The number of nitrogens with two attached hydrogens (primary N) is 1. The smallest absolute Gasteiger partial charge is 0.259 e. The molecule has 124 valence electrons. The number of aromatic nitrogens is 2. The van der Waals surface area contributed by atoms with E-state index in [0.717, 1.165) is 29.0 Å². The second-order valence-corrected chi connectivity index (χ2v) is 6.35. The van der Waals surface area contributed by atoms with Gasteiger partial charge in [-0.15, -0.1) is 24.2 Å². The van der Waals surface area contributed by atoms with Crippen molar-refractivity contribution in [3.63, 3.8) is 0 Å². The Balaban J connectivity index is 0.00000192. The molecule has 0 fully saturated rings. The number of nitrogens with zero attached hydrogens (tertiary/aromatic N) is 2. The van der Waals surface area contributed by atoms with Crippen LogP contribution in [0.25, 0.3) is 11.0 Å². The minimum atomic E-state index is -0.0629. The summed E-state index contributed by atoms with van der Waals surface area (Å²) in [5.74, 6) is 0.803. The number of fused-ring (bicyclic) bond motifs is 1. The zero-order valence-electron chi connectivity index (χ0n) is 12.8. The second-order valence-electron chi connectivity index (χ2n) is 5.22. The Morgan fingerprint density at radius 3 is 3.17 bits per heavy atom. The zero-order chi connectivity index (χ0) is 15.5. The number of anilines is 1. The van der Waals surface area contributed by atoms with Gasteiger partial charge in [-0.1, -0.05) is 0 Å². The van der Waals surface area contributed by atoms with Crippen LogP contribution in [0.5, 0.6) is 0 Å². The van der Waals surface area contributed by atoms with E-state index in [1.54, 1.807) is 18.0 Å². The number of halogens is 1. The van der Waals surface area contributed by atoms with Crippen molar-refractivity contribution in [1.29, 1.82) is 0 Å². The summed E-state index contributed by atoms with van der Waals surface area (Å²) in [5.41, 5.74) is 7.47. The lowest BCUT2D eigenvalue weighted by molar-refractivity contribution is -0.117. The molecule has 0 aromatic carbocycles. The normalized spacial score (nSPS) is 15.7. The highest BCUT2D eigenvalue weighted by Gasteiger charge is 2.20. The Bertz CT molecular complexity index is 717. The molecule has 0 aliphatic carbocycles. The maximum Gasteiger partial charge on any atom is 0.259 e. The number of thioether (sulfide) groups is 1. The van der Waals surface area contributed by atoms with E-state index in [1.165, 1.54) is 0 Å². The molecule has 0 bridgehead atoms. The van der Waals surface area contributed by atoms with Gasteiger partial charge in [-0.05, 0) is 19.1 Å². The first-order chi connectivity index (χ1) is 10.7. The highest BCUT2D eigenvalue weighted by molar-refractivity contribution is 8.04. The van der Waals surface area contributed by atoms with Crippen LogP contribution in [-0.4, -0.2) is 40.8 Å². The Hall–Kier alpha value is -1.70. The standard InChI is InChI=1S/C15H19N5OS.ClH/c1-10(8-16)19-15(21)13-9-20(6-7-22-13)12-3-5-18-14-11(12)2-4-17-14;/h2-5,9-10H,6-8,16H2,1H3,(H,17,18)(H,19,21);1H/t10-;/m0./s1. The van der Waals surface area contributed by atoms with Gasteiger partial charge >= 0.3 is 0 Å². The lowest BCUT2D eigenvalue weighted by Crippen LogP contribution is -2.39. The molecule has 0 spiro atoms. The molecule has 4 N–H and O–H groups in total. The molecule has 1 aliphatic rings. The van der Waals surface area contributed by atoms with Gasteiger partial charge in [-0.2, -0.15) is 0 Å². The molecule has 1 amide bonds. The minimum absolute atomic E-state index is 0. The number of amides is 1. The molecule has 6 nitrogen and oxygen atoms in total. The van der Waals surface area contributed by atoms with Crippen LogP contribution in [0.4, 0.5) is 5.69 Å². The predicted octanol–water partition coefficient (Wildman–Crippen LogP) is 1.84. The van der Waals surface area contributed by atoms with Crippen LogP contribution in [0.2, 0.25) is 0 Å². The van der Waals surface area contributed by atoms with Crippen LogP contribution in [-0.2, 0) is 4.79 Å². The number of rotatable bonds is 4. The molecule has 3 heterocycles. The topological polar surface area (TPSA) is 87.0 Å². The summed E-state index contributed by atoms with van der Waals surface area (Å²) in [5, 5.41) is 3.96. The fourth-order valence-corrected chi connectivity index (χ4v) is 3.26. The molecule has 0 saturated carbocycles. The van der Waals surface area contributed by atoms with E-state index in [4.69, 9.17) is 5.73 Å². The number of nitrogens with one attached hydrogen (secondary N) is 2. The van der Waals surface area contributed by atoms with Crippen molar-refractivity contribution in [2.24, 2.45) is 5.73 Å². The van der Waals surface area contributed by atoms with Crippen LogP contribution in [0.1, 0.15) is 6.92 Å². The van der Waals surface area contributed by atoms with Crippen LogP contribution in [0, 0.1) is 0 Å². The fraction of sp³-hybridized carbons (Fsp3) is 0.333. The highest BCUT2D eigenvalue weighted by Crippen LogP contribution is 2.30. The van der Waals surface area contributed by atoms with Crippen molar-refractivity contribution in [3.8, 4) is 0 Å². The summed E-state index contributed by atoms with van der Waals surface area (Å²) in [6, 6.07) is 3.95. The molecular formula is C15H20ClN5OS. The van der Waals surface area contributed by atoms with Gasteiger partial charge in [0.2, 0.25) is 0 Å². The summed E-state index contributed by atoms with van der Waals surface area (Å²) in [6.45, 7) is 3.19. The number of hydrogen-bond donors (Lipinski definition) is 3. The molecule has 0 radical (unpaired) electrons. The average Bonchev–Trinajstić information content (AvgIpc) is 3.03. The van der Waals surface area contributed by atoms with Gasteiger partial charge in [0.1, 0.15) is 5.65 Å². The van der Waals surface area contributed by atoms with Crippen molar-refractivity contribution >= 4 is 46.8 Å². The Morgan fingerprint density at radius 1 is 1.57 bits per heavy atom. The third-order valence-corrected chi connectivity index (χ3v) is 4.55. The number of hydrogen-bond acceptors (Lipinski definition) is 5. The van der Waals surface area contributed by atoms with Crippen LogP contribution < -0.4 is 16.0 Å². The van der Waals surface area contributed by atoms with Crippen molar-refractivity contribution in [3.05, 3.63) is 35.6 Å². The van der Waals surface area contributed by atoms with Gasteiger partial charge < -0.3 is 20.9 Å². The molecule has 2 aromatic rings. The van der Waals surface area contributed by atoms with E-state index in [-0.39, 0.29) is 24.4 Å². The highest BCUT2D eigenvalue weighted by atomic mass is 35.5. The maximum absolute atomic E-state index is 12.3. The van der Waals surface area contributed by atoms with E-state index in [2.05, 4.69) is 20.2 Å². The number of pyridine rings is 1. The molecule has 0 saturated heterocycles. The van der Waals surface area contributed by atoms with Crippen molar-refractivity contribution in [2.45, 2.75) is 13.0 Å². The fourth-order valence-electron chi connectivity index (χ4n) is 2.36. The minimum Gasteiger partial charge on any atom is -0.348 e. The van der Waals surface area contributed by atoms with Gasteiger partial charge in [0.25, 0.3) is 5.91 Å². The van der Waals surface area contributed by atoms with Gasteiger partial charge in [-0.3, -0.25) is 4.79 Å². The monoisotopic (exact) mass is 353 g/mol. The van der Waals surface area contributed by atoms with Gasteiger partial charge in [0, 0.05) is 48.9 Å². The van der Waals surface area contributed by atoms with Crippen LogP contribution in [0.15, 0.2) is 35.6 Å². The number of H-pyrrole nitrogens is 1. The van der Waals surface area contributed by atoms with E-state index < -0.39 is 0 Å². The van der Waals surface area contributed by atoms with Gasteiger partial charge in [0.15, 0.2) is 0 Å². The Morgan fingerprint density at radius 2 is 2.39 bits per heavy atom. The van der Waals surface area contributed by atoms with Crippen molar-refractivity contribution in [1.82, 2.24) is 15.3 Å². The molecule has 3 rings (SSSR count). The quantitative estimate of drug-likeness (QED) is 0.780. The van der Waals surface area contributed by atoms with Gasteiger partial charge in [0.05, 0.1) is 10.6 Å². The van der Waals surface area contributed by atoms with Gasteiger partial charge in [-0.25, -0.2) is 4.98 Å². The van der Waals surface area contributed by atoms with E-state index in [1.807, 2.05) is 31.5 Å². The third kappa shape index (κ3) is 3.80. The van der Waals surface area contributed by atoms with E-state index in [0.29, 0.717) is 11.4 Å². The largest absolute Gasteiger partial charge is 0.348 e. The number of aromatic amines is 1. The van der Waals surface area contributed by atoms with E-state index >= 15 is 0 Å². The molecule has 2 aromatic heterocycles. The summed E-state index contributed by atoms with van der Waals surface area (Å²) in [4.78, 5) is 22.5. The van der Waals surface area contributed by atoms with Crippen molar-refractivity contribution < 1.29 is 4.79 Å². The second kappa shape index (κ2) is 7.72. The summed E-state index contributed by atoms with van der Waals surface area (Å²) < 4.78 is 0. The summed E-state index contributed by atoms with van der Waals surface area (Å²) in [6.07, 6.45) is 5.56. The molecular weight excluding hydrogens is 334 g/mol. The number of carbonyl (C=O) groups excluding carboxylic acids is 1. The molecule has 1 aliphatic heterocycles. The van der Waals surface area contributed by atoms with E-state index in [9.17, 15) is 4.79 Å². The lowest BCUT2D eigenvalue weighted by Gasteiger charge is -2.27. The summed E-state index contributed by atoms with van der Waals surface area (Å²) in [7, 11) is 0. The molecule has 23 heavy (non-hydrogen) atoms. The molecule has 1 atom stereocenters. The zero-order valence-corrected chi connectivity index (χ0v) is 14.4. The lowest BCUT2D eigenvalue weighted by atomic mass is 10.2. The number of carbonyl (C=O) groups is 1. The van der Waals surface area contributed by atoms with Crippen LogP contribution in [0.3, 0.4) is 0 Å². The summed E-state index contributed by atoms with van der Waals surface area (Å²) >= 11 is 1.57. The first-order valence-electron chi connectivity index (χ1n) is 7.23. The third-order valence-electron chi connectivity index (χ3n) is 3.56. The molecule has 8 heteroatoms. The maximum atomic E-state index is 12.3. The average molecular weight is 354 g/mol. The SMILES string of the molecule is C[C@@H](CN)NC(=O)C1=CN(c2ccnc3[nH]ccc23)CCS1.Cl.